The largest absolute Gasteiger partial charge is 0.399 e. The van der Waals surface area contributed by atoms with E-state index in [4.69, 9.17) is 5.73 Å². The number of carbonyl (C=O) groups is 1. The zero-order valence-corrected chi connectivity index (χ0v) is 7.32. The molecule has 2 rings (SSSR count). The van der Waals surface area contributed by atoms with Gasteiger partial charge >= 0.3 is 0 Å². The van der Waals surface area contributed by atoms with Crippen molar-refractivity contribution in [3.05, 3.63) is 33.4 Å². The van der Waals surface area contributed by atoms with Crippen LogP contribution in [0.25, 0.3) is 0 Å². The van der Waals surface area contributed by atoms with Crippen LogP contribution in [0.1, 0.15) is 22.3 Å². The average molecular weight is 192 g/mol. The Balaban J connectivity index is 2.71. The molecule has 0 spiro atoms. The van der Waals surface area contributed by atoms with Crippen molar-refractivity contribution in [2.75, 3.05) is 5.73 Å². The summed E-state index contributed by atoms with van der Waals surface area (Å²) >= 11 is 0. The van der Waals surface area contributed by atoms with Crippen molar-refractivity contribution in [2.24, 2.45) is 0 Å². The minimum atomic E-state index is -0.557. The van der Waals surface area contributed by atoms with E-state index in [1.807, 2.05) is 0 Å². The van der Waals surface area contributed by atoms with Gasteiger partial charge in [-0.15, -0.1) is 0 Å². The molecule has 1 aromatic carbocycles. The SMILES string of the molecule is Nc1cc2c(c([N+](=O)[O-])c1)C(=O)CC2. The fourth-order valence-electron chi connectivity index (χ4n) is 1.75. The molecule has 0 saturated heterocycles. The van der Waals surface area contributed by atoms with Crippen LogP contribution >= 0.6 is 0 Å². The molecule has 72 valence electrons. The van der Waals surface area contributed by atoms with Crippen molar-refractivity contribution >= 4 is 17.2 Å². The number of hydrogen-bond acceptors (Lipinski definition) is 4. The van der Waals surface area contributed by atoms with Crippen molar-refractivity contribution in [3.8, 4) is 0 Å². The van der Waals surface area contributed by atoms with Gasteiger partial charge in [0, 0.05) is 18.2 Å². The molecule has 2 N–H and O–H groups in total. The summed E-state index contributed by atoms with van der Waals surface area (Å²) in [6, 6.07) is 2.87. The molecule has 0 aromatic heterocycles. The van der Waals surface area contributed by atoms with Crippen molar-refractivity contribution in [1.82, 2.24) is 0 Å². The number of benzene rings is 1. The first kappa shape index (κ1) is 8.68. The number of nitrogens with zero attached hydrogens (tertiary/aromatic N) is 1. The van der Waals surface area contributed by atoms with Crippen molar-refractivity contribution < 1.29 is 9.72 Å². The van der Waals surface area contributed by atoms with E-state index in [0.717, 1.165) is 0 Å². The van der Waals surface area contributed by atoms with Gasteiger partial charge in [-0.3, -0.25) is 14.9 Å². The number of nitro benzene ring substituents is 1. The summed E-state index contributed by atoms with van der Waals surface area (Å²) in [6.07, 6.45) is 0.902. The second-order valence-electron chi connectivity index (χ2n) is 3.25. The summed E-state index contributed by atoms with van der Waals surface area (Å²) in [7, 11) is 0. The minimum Gasteiger partial charge on any atom is -0.399 e. The van der Waals surface area contributed by atoms with Crippen LogP contribution < -0.4 is 5.73 Å². The van der Waals surface area contributed by atoms with Crippen molar-refractivity contribution in [1.29, 1.82) is 0 Å². The predicted molar refractivity (Wildman–Crippen MR) is 50.2 cm³/mol. The van der Waals surface area contributed by atoms with E-state index >= 15 is 0 Å². The second-order valence-corrected chi connectivity index (χ2v) is 3.25. The number of aryl methyl sites for hydroxylation is 1. The van der Waals surface area contributed by atoms with E-state index in [1.165, 1.54) is 6.07 Å². The first-order valence-corrected chi connectivity index (χ1v) is 4.19. The number of rotatable bonds is 1. The maximum Gasteiger partial charge on any atom is 0.282 e. The molecule has 5 nitrogen and oxygen atoms in total. The van der Waals surface area contributed by atoms with E-state index in [-0.39, 0.29) is 17.0 Å². The van der Waals surface area contributed by atoms with Crippen LogP contribution in [0.15, 0.2) is 12.1 Å². The molecule has 14 heavy (non-hydrogen) atoms. The zero-order chi connectivity index (χ0) is 10.3. The molecule has 0 radical (unpaired) electrons. The highest BCUT2D eigenvalue weighted by atomic mass is 16.6. The van der Waals surface area contributed by atoms with Gasteiger partial charge < -0.3 is 5.73 Å². The highest BCUT2D eigenvalue weighted by Gasteiger charge is 2.29. The molecule has 5 heteroatoms. The Labute approximate surface area is 79.7 Å². The smallest absolute Gasteiger partial charge is 0.282 e. The van der Waals surface area contributed by atoms with Crippen LogP contribution in [-0.4, -0.2) is 10.7 Å². The fourth-order valence-corrected chi connectivity index (χ4v) is 1.75. The predicted octanol–water partition coefficient (Wildman–Crippen LogP) is 1.31. The highest BCUT2D eigenvalue weighted by molar-refractivity contribution is 6.04. The molecule has 0 unspecified atom stereocenters. The zero-order valence-electron chi connectivity index (χ0n) is 7.32. The third-order valence-electron chi connectivity index (χ3n) is 2.32. The number of carbonyl (C=O) groups excluding carboxylic acids is 1. The van der Waals surface area contributed by atoms with Crippen LogP contribution in [0.5, 0.6) is 0 Å². The Bertz CT molecular complexity index is 440. The molecule has 0 fully saturated rings. The third kappa shape index (κ3) is 1.14. The molecule has 0 atom stereocenters. The fraction of sp³-hybridized carbons (Fsp3) is 0.222. The van der Waals surface area contributed by atoms with Gasteiger partial charge in [-0.1, -0.05) is 0 Å². The second kappa shape index (κ2) is 2.80. The lowest BCUT2D eigenvalue weighted by Crippen LogP contribution is -2.01. The maximum atomic E-state index is 11.4. The van der Waals surface area contributed by atoms with Gasteiger partial charge in [-0.05, 0) is 18.1 Å². The monoisotopic (exact) mass is 192 g/mol. The molecule has 0 bridgehead atoms. The van der Waals surface area contributed by atoms with Gasteiger partial charge in [0.25, 0.3) is 5.69 Å². The van der Waals surface area contributed by atoms with E-state index in [0.29, 0.717) is 24.1 Å². The first-order chi connectivity index (χ1) is 6.59. The van der Waals surface area contributed by atoms with E-state index in [2.05, 4.69) is 0 Å². The van der Waals surface area contributed by atoms with E-state index < -0.39 is 4.92 Å². The van der Waals surface area contributed by atoms with Gasteiger partial charge in [-0.2, -0.15) is 0 Å². The summed E-state index contributed by atoms with van der Waals surface area (Å²) in [4.78, 5) is 21.5. The van der Waals surface area contributed by atoms with E-state index in [9.17, 15) is 14.9 Å². The Morgan fingerprint density at radius 3 is 2.71 bits per heavy atom. The Morgan fingerprint density at radius 1 is 1.36 bits per heavy atom. The van der Waals surface area contributed by atoms with Crippen LogP contribution in [0.4, 0.5) is 11.4 Å². The van der Waals surface area contributed by atoms with Crippen LogP contribution in [0.3, 0.4) is 0 Å². The van der Waals surface area contributed by atoms with Crippen LogP contribution in [-0.2, 0) is 6.42 Å². The van der Waals surface area contributed by atoms with Gasteiger partial charge in [0.15, 0.2) is 5.78 Å². The summed E-state index contributed by atoms with van der Waals surface area (Å²) in [6.45, 7) is 0. The molecular weight excluding hydrogens is 184 g/mol. The van der Waals surface area contributed by atoms with Gasteiger partial charge in [0.2, 0.25) is 0 Å². The molecule has 1 aliphatic carbocycles. The van der Waals surface area contributed by atoms with E-state index in [1.54, 1.807) is 6.07 Å². The minimum absolute atomic E-state index is 0.160. The number of anilines is 1. The molecule has 1 aromatic rings. The quantitative estimate of drug-likeness (QED) is 0.413. The summed E-state index contributed by atoms with van der Waals surface area (Å²) < 4.78 is 0. The highest BCUT2D eigenvalue weighted by Crippen LogP contribution is 2.32. The summed E-state index contributed by atoms with van der Waals surface area (Å²) in [5.41, 5.74) is 6.61. The van der Waals surface area contributed by atoms with Crippen molar-refractivity contribution in [3.63, 3.8) is 0 Å². The molecular formula is C9H8N2O3. The van der Waals surface area contributed by atoms with Crippen molar-refractivity contribution in [2.45, 2.75) is 12.8 Å². The Kier molecular flexibility index (Phi) is 1.73. The van der Waals surface area contributed by atoms with Gasteiger partial charge in [0.05, 0.1) is 10.5 Å². The average Bonchev–Trinajstić information content (AvgIpc) is 2.46. The standard InChI is InChI=1S/C9H8N2O3/c10-6-3-5-1-2-8(12)9(5)7(4-6)11(13)14/h3-4H,1-2,10H2. The number of nitrogen functional groups attached to an aromatic ring is 1. The number of nitrogens with two attached hydrogens (primary N) is 1. The lowest BCUT2D eigenvalue weighted by Gasteiger charge is -2.01. The van der Waals surface area contributed by atoms with Gasteiger partial charge in [-0.25, -0.2) is 0 Å². The third-order valence-corrected chi connectivity index (χ3v) is 2.32. The first-order valence-electron chi connectivity index (χ1n) is 4.19. The molecule has 1 aliphatic rings. The number of Topliss-reactive ketones (excluding diaryl/α,β-unsaturated/α-hetero) is 1. The number of hydrogen-bond donors (Lipinski definition) is 1. The summed E-state index contributed by atoms with van der Waals surface area (Å²) in [5.74, 6) is -0.160. The maximum absolute atomic E-state index is 11.4. The van der Waals surface area contributed by atoms with Gasteiger partial charge in [0.1, 0.15) is 0 Å². The number of fused-ring (bicyclic) bond motifs is 1. The lowest BCUT2D eigenvalue weighted by molar-refractivity contribution is -0.385. The molecule has 0 aliphatic heterocycles. The molecule has 0 saturated carbocycles. The topological polar surface area (TPSA) is 86.2 Å². The summed E-state index contributed by atoms with van der Waals surface area (Å²) in [5, 5.41) is 10.7. The normalized spacial score (nSPS) is 14.1. The number of ketones is 1. The lowest BCUT2D eigenvalue weighted by atomic mass is 10.1. The van der Waals surface area contributed by atoms with Crippen LogP contribution in [0, 0.1) is 10.1 Å². The molecule has 0 amide bonds. The Hall–Kier alpha value is -1.91. The number of nitro groups is 1. The molecule has 0 heterocycles. The Morgan fingerprint density at radius 2 is 2.07 bits per heavy atom. The van der Waals surface area contributed by atoms with Crippen LogP contribution in [0.2, 0.25) is 0 Å².